The molecule has 0 aromatic rings. The molecule has 4 unspecified atom stereocenters. The third-order valence-corrected chi connectivity index (χ3v) is 2.88. The Labute approximate surface area is 117 Å². The average Bonchev–Trinajstić information content (AvgIpc) is 3.24. The lowest BCUT2D eigenvalue weighted by Gasteiger charge is -2.14. The quantitative estimate of drug-likeness (QED) is 0.397. The molecule has 0 bridgehead atoms. The zero-order valence-electron chi connectivity index (χ0n) is 10.8. The van der Waals surface area contributed by atoms with Gasteiger partial charge >= 0.3 is 0 Å². The highest BCUT2D eigenvalue weighted by molar-refractivity contribution is 6.20. The molecule has 0 radical (unpaired) electrons. The standard InChI is InChI=1S/C12H21ClO6/c13-9(2-16-5-11-7-18-11)1-15-3-10(14)4-17-6-12-8-19-12/h9-12,14H,1-8H2. The van der Waals surface area contributed by atoms with E-state index in [0.717, 1.165) is 13.2 Å². The van der Waals surface area contributed by atoms with Crippen LogP contribution in [0.1, 0.15) is 0 Å². The summed E-state index contributed by atoms with van der Waals surface area (Å²) >= 11 is 6.00. The molecule has 2 aliphatic rings. The molecule has 0 amide bonds. The predicted molar refractivity (Wildman–Crippen MR) is 67.6 cm³/mol. The minimum absolute atomic E-state index is 0.209. The number of hydrogen-bond acceptors (Lipinski definition) is 6. The second kappa shape index (κ2) is 8.36. The van der Waals surface area contributed by atoms with E-state index in [1.807, 2.05) is 0 Å². The average molecular weight is 297 g/mol. The number of alkyl halides is 1. The van der Waals surface area contributed by atoms with Gasteiger partial charge in [0.1, 0.15) is 18.3 Å². The number of ether oxygens (including phenoxy) is 5. The second-order valence-corrected chi connectivity index (χ2v) is 5.39. The fourth-order valence-corrected chi connectivity index (χ4v) is 1.60. The van der Waals surface area contributed by atoms with E-state index >= 15 is 0 Å². The largest absolute Gasteiger partial charge is 0.388 e. The maximum Gasteiger partial charge on any atom is 0.104 e. The molecule has 2 rings (SSSR count). The molecule has 6 nitrogen and oxygen atoms in total. The number of epoxide rings is 2. The van der Waals surface area contributed by atoms with Gasteiger partial charge in [-0.3, -0.25) is 0 Å². The maximum absolute atomic E-state index is 9.57. The number of aliphatic hydroxyl groups excluding tert-OH is 1. The van der Waals surface area contributed by atoms with E-state index in [0.29, 0.717) is 26.4 Å². The van der Waals surface area contributed by atoms with Gasteiger partial charge < -0.3 is 28.8 Å². The molecule has 0 aliphatic carbocycles. The first kappa shape index (κ1) is 15.4. The lowest BCUT2D eigenvalue weighted by Crippen LogP contribution is -2.26. The molecule has 19 heavy (non-hydrogen) atoms. The molecule has 1 N–H and O–H groups in total. The molecule has 2 fully saturated rings. The molecule has 112 valence electrons. The molecular weight excluding hydrogens is 276 g/mol. The lowest BCUT2D eigenvalue weighted by molar-refractivity contribution is -0.0245. The van der Waals surface area contributed by atoms with Crippen LogP contribution < -0.4 is 0 Å². The fraction of sp³-hybridized carbons (Fsp3) is 1.00. The van der Waals surface area contributed by atoms with Crippen molar-refractivity contribution in [2.75, 3.05) is 52.9 Å². The molecule has 2 aliphatic heterocycles. The van der Waals surface area contributed by atoms with Crippen LogP contribution in [0.4, 0.5) is 0 Å². The van der Waals surface area contributed by atoms with Crippen molar-refractivity contribution < 1.29 is 28.8 Å². The third-order valence-electron chi connectivity index (χ3n) is 2.63. The monoisotopic (exact) mass is 296 g/mol. The normalized spacial score (nSPS) is 28.1. The zero-order chi connectivity index (χ0) is 13.5. The van der Waals surface area contributed by atoms with Crippen LogP contribution in [0.5, 0.6) is 0 Å². The first-order valence-corrected chi connectivity index (χ1v) is 6.96. The molecule has 0 aromatic heterocycles. The molecule has 0 aromatic carbocycles. The summed E-state index contributed by atoms with van der Waals surface area (Å²) in [5, 5.41) is 9.35. The Hall–Kier alpha value is 0.0500. The van der Waals surface area contributed by atoms with E-state index in [1.54, 1.807) is 0 Å². The van der Waals surface area contributed by atoms with Crippen molar-refractivity contribution in [3.63, 3.8) is 0 Å². The van der Waals surface area contributed by atoms with Crippen LogP contribution in [-0.2, 0) is 23.7 Å². The van der Waals surface area contributed by atoms with Crippen molar-refractivity contribution in [3.05, 3.63) is 0 Å². The summed E-state index contributed by atoms with van der Waals surface area (Å²) in [7, 11) is 0. The van der Waals surface area contributed by atoms with E-state index in [-0.39, 0.29) is 30.8 Å². The summed E-state index contributed by atoms with van der Waals surface area (Å²) in [4.78, 5) is 0. The van der Waals surface area contributed by atoms with Crippen LogP contribution in [0.3, 0.4) is 0 Å². The Morgan fingerprint density at radius 1 is 0.947 bits per heavy atom. The Kier molecular flexibility index (Phi) is 6.79. The minimum Gasteiger partial charge on any atom is -0.388 e. The van der Waals surface area contributed by atoms with Crippen LogP contribution in [0.25, 0.3) is 0 Å². The second-order valence-electron chi connectivity index (χ2n) is 4.77. The van der Waals surface area contributed by atoms with Crippen LogP contribution in [-0.4, -0.2) is 81.7 Å². The van der Waals surface area contributed by atoms with Crippen molar-refractivity contribution in [3.8, 4) is 0 Å². The van der Waals surface area contributed by atoms with Crippen LogP contribution in [0.2, 0.25) is 0 Å². The van der Waals surface area contributed by atoms with Gasteiger partial charge in [0, 0.05) is 0 Å². The van der Waals surface area contributed by atoms with E-state index in [9.17, 15) is 5.11 Å². The topological polar surface area (TPSA) is 73.0 Å². The third kappa shape index (κ3) is 8.04. The van der Waals surface area contributed by atoms with Gasteiger partial charge in [-0.25, -0.2) is 0 Å². The highest BCUT2D eigenvalue weighted by Crippen LogP contribution is 2.10. The van der Waals surface area contributed by atoms with Crippen molar-refractivity contribution in [2.24, 2.45) is 0 Å². The first-order valence-electron chi connectivity index (χ1n) is 6.52. The van der Waals surface area contributed by atoms with Gasteiger partial charge in [0.25, 0.3) is 0 Å². The fourth-order valence-electron chi connectivity index (χ4n) is 1.42. The minimum atomic E-state index is -0.636. The number of hydrogen-bond donors (Lipinski definition) is 1. The summed E-state index contributed by atoms with van der Waals surface area (Å²) in [6.45, 7) is 3.88. The van der Waals surface area contributed by atoms with E-state index in [4.69, 9.17) is 35.3 Å². The summed E-state index contributed by atoms with van der Waals surface area (Å²) < 4.78 is 25.9. The van der Waals surface area contributed by atoms with Crippen molar-refractivity contribution >= 4 is 11.6 Å². The molecule has 0 saturated carbocycles. The Morgan fingerprint density at radius 3 is 2.00 bits per heavy atom. The molecule has 4 atom stereocenters. The number of rotatable bonds is 12. The van der Waals surface area contributed by atoms with Gasteiger partial charge in [-0.15, -0.1) is 11.6 Å². The summed E-state index contributed by atoms with van der Waals surface area (Å²) in [5.41, 5.74) is 0. The van der Waals surface area contributed by atoms with Gasteiger partial charge in [-0.2, -0.15) is 0 Å². The van der Waals surface area contributed by atoms with Gasteiger partial charge in [0.15, 0.2) is 0 Å². The predicted octanol–water partition coefficient (Wildman–Crippen LogP) is -0.198. The number of aliphatic hydroxyl groups is 1. The first-order chi connectivity index (χ1) is 9.24. The molecule has 2 saturated heterocycles. The summed E-state index contributed by atoms with van der Waals surface area (Å²) in [6, 6.07) is 0. The van der Waals surface area contributed by atoms with Crippen LogP contribution in [0.15, 0.2) is 0 Å². The smallest absolute Gasteiger partial charge is 0.104 e. The maximum atomic E-state index is 9.57. The van der Waals surface area contributed by atoms with Gasteiger partial charge in [-0.1, -0.05) is 0 Å². The zero-order valence-corrected chi connectivity index (χ0v) is 11.6. The van der Waals surface area contributed by atoms with Crippen molar-refractivity contribution in [2.45, 2.75) is 23.7 Å². The summed E-state index contributed by atoms with van der Waals surface area (Å²) in [6.07, 6.45) is -0.171. The van der Waals surface area contributed by atoms with Gasteiger partial charge in [0.2, 0.25) is 0 Å². The van der Waals surface area contributed by atoms with Crippen LogP contribution in [0, 0.1) is 0 Å². The number of halogens is 1. The molecule has 2 heterocycles. The molecule has 7 heteroatoms. The lowest BCUT2D eigenvalue weighted by atomic mass is 10.4. The van der Waals surface area contributed by atoms with Crippen molar-refractivity contribution in [1.82, 2.24) is 0 Å². The van der Waals surface area contributed by atoms with E-state index in [2.05, 4.69) is 0 Å². The van der Waals surface area contributed by atoms with E-state index < -0.39 is 6.10 Å². The Bertz CT molecular complexity index is 222. The Morgan fingerprint density at radius 2 is 1.42 bits per heavy atom. The van der Waals surface area contributed by atoms with Crippen LogP contribution >= 0.6 is 11.6 Å². The van der Waals surface area contributed by atoms with Crippen molar-refractivity contribution in [1.29, 1.82) is 0 Å². The summed E-state index contributed by atoms with van der Waals surface area (Å²) in [5.74, 6) is 0. The van der Waals surface area contributed by atoms with Gasteiger partial charge in [-0.05, 0) is 0 Å². The Balaban J connectivity index is 1.36. The highest BCUT2D eigenvalue weighted by atomic mass is 35.5. The van der Waals surface area contributed by atoms with Gasteiger partial charge in [0.05, 0.1) is 58.2 Å². The van der Waals surface area contributed by atoms with E-state index in [1.165, 1.54) is 0 Å². The SMILES string of the molecule is OC(COCC(Cl)COCC1CO1)COCC1CO1. The molecule has 0 spiro atoms. The highest BCUT2D eigenvalue weighted by Gasteiger charge is 2.23. The molecular formula is C12H21ClO6.